The lowest BCUT2D eigenvalue weighted by molar-refractivity contribution is -0.137. The van der Waals surface area contributed by atoms with Crippen molar-refractivity contribution < 1.29 is 28.2 Å². The van der Waals surface area contributed by atoms with Crippen LogP contribution in [0.1, 0.15) is 72.2 Å². The Bertz CT molecular complexity index is 1360. The van der Waals surface area contributed by atoms with E-state index in [9.17, 15) is 18.8 Å². The zero-order valence-corrected chi connectivity index (χ0v) is 26.6. The highest BCUT2D eigenvalue weighted by molar-refractivity contribution is 5.94. The molecule has 1 aliphatic carbocycles. The van der Waals surface area contributed by atoms with Crippen LogP contribution in [0.3, 0.4) is 0 Å². The first-order valence-corrected chi connectivity index (χ1v) is 17.0. The summed E-state index contributed by atoms with van der Waals surface area (Å²) in [4.78, 5) is 51.2. The number of pyridine rings is 1. The van der Waals surface area contributed by atoms with Gasteiger partial charge in [0.15, 0.2) is 0 Å². The molecular weight excluding hydrogens is 589 g/mol. The van der Waals surface area contributed by atoms with Crippen molar-refractivity contribution in [1.29, 1.82) is 0 Å². The average Bonchev–Trinajstić information content (AvgIpc) is 3.47. The molecule has 0 unspecified atom stereocenters. The number of hydrogen-bond donors (Lipinski definition) is 1. The molecule has 4 aliphatic heterocycles. The molecule has 2 saturated heterocycles. The number of rotatable bonds is 3. The van der Waals surface area contributed by atoms with E-state index < -0.39 is 5.82 Å². The second kappa shape index (κ2) is 15.3. The smallest absolute Gasteiger partial charge is 0.270 e. The molecule has 10 nitrogen and oxygen atoms in total. The van der Waals surface area contributed by atoms with Crippen molar-refractivity contribution in [2.24, 2.45) is 11.8 Å². The number of hydrogen-bond acceptors (Lipinski definition) is 7. The van der Waals surface area contributed by atoms with E-state index in [1.807, 2.05) is 4.90 Å². The molecule has 0 radical (unpaired) electrons. The molecule has 2 aromatic rings. The van der Waals surface area contributed by atoms with Gasteiger partial charge in [0.1, 0.15) is 18.1 Å². The number of nitrogens with zero attached hydrogens (tertiary/aromatic N) is 4. The van der Waals surface area contributed by atoms with Gasteiger partial charge in [0.25, 0.3) is 11.8 Å². The standard InChI is InChI=1S/C35H46FN5O5/c36-29-10-5-4-9-28(29)34(43)40-17-18-45-19-20-46-32-12-6-11-30(38-32)33(42)37-27-21-31(35(44)39-15-13-26(22-40)14-16-39)41(24-27)23-25-7-2-1-3-8-25/h4-6,9-12,25-27,31H,1-3,7-8,13-24H2,(H,37,42)/t27-,31+/m1/s1. The molecule has 7 rings (SSSR count). The molecule has 6 bridgehead atoms. The lowest BCUT2D eigenvalue weighted by Gasteiger charge is -2.38. The maximum Gasteiger partial charge on any atom is 0.270 e. The Labute approximate surface area is 270 Å². The fourth-order valence-corrected chi connectivity index (χ4v) is 7.47. The van der Waals surface area contributed by atoms with Crippen LogP contribution in [-0.4, -0.2) is 109 Å². The normalized spacial score (nSPS) is 25.9. The number of amides is 3. The van der Waals surface area contributed by atoms with Crippen LogP contribution >= 0.6 is 0 Å². The third kappa shape index (κ3) is 8.04. The fraction of sp³-hybridized carbons (Fsp3) is 0.600. The Morgan fingerprint density at radius 2 is 1.72 bits per heavy atom. The summed E-state index contributed by atoms with van der Waals surface area (Å²) in [5, 5.41) is 3.15. The SMILES string of the molecule is O=C1N[C@@H]2C[C@@H](C(=O)N3CCC(CC3)CN(C(=O)c3ccccc3F)CCOCCOc3cccc1n3)N(CC1CCCCC1)C2. The predicted octanol–water partition coefficient (Wildman–Crippen LogP) is 3.76. The maximum atomic E-state index is 14.6. The van der Waals surface area contributed by atoms with Crippen molar-refractivity contribution in [3.05, 3.63) is 59.5 Å². The van der Waals surface area contributed by atoms with Crippen LogP contribution < -0.4 is 10.1 Å². The van der Waals surface area contributed by atoms with E-state index in [4.69, 9.17) is 9.47 Å². The van der Waals surface area contributed by atoms with E-state index in [0.29, 0.717) is 50.9 Å². The van der Waals surface area contributed by atoms with Crippen molar-refractivity contribution in [2.75, 3.05) is 59.1 Å². The molecule has 5 aliphatic rings. The van der Waals surface area contributed by atoms with E-state index in [2.05, 4.69) is 15.2 Å². The van der Waals surface area contributed by atoms with Gasteiger partial charge in [0, 0.05) is 51.4 Å². The molecule has 11 heteroatoms. The highest BCUT2D eigenvalue weighted by Gasteiger charge is 2.41. The molecule has 1 aromatic carbocycles. The second-order valence-corrected chi connectivity index (χ2v) is 13.2. The lowest BCUT2D eigenvalue weighted by Crippen LogP contribution is -2.50. The van der Waals surface area contributed by atoms with Crippen LogP contribution in [0.2, 0.25) is 0 Å². The van der Waals surface area contributed by atoms with Crippen LogP contribution in [0.4, 0.5) is 4.39 Å². The van der Waals surface area contributed by atoms with E-state index in [1.54, 1.807) is 35.2 Å². The van der Waals surface area contributed by atoms with E-state index in [0.717, 1.165) is 19.4 Å². The van der Waals surface area contributed by atoms with Crippen molar-refractivity contribution >= 4 is 17.7 Å². The summed E-state index contributed by atoms with van der Waals surface area (Å²) < 4.78 is 26.2. The van der Waals surface area contributed by atoms with Gasteiger partial charge in [-0.2, -0.15) is 0 Å². The Kier molecular flexibility index (Phi) is 10.8. The van der Waals surface area contributed by atoms with Crippen LogP contribution in [0, 0.1) is 17.7 Å². The lowest BCUT2D eigenvalue weighted by atomic mass is 9.88. The molecule has 3 amide bonds. The number of fused-ring (bicyclic) bond motifs is 10. The fourth-order valence-electron chi connectivity index (χ4n) is 7.47. The number of carbonyl (C=O) groups excluding carboxylic acids is 3. The maximum absolute atomic E-state index is 14.6. The summed E-state index contributed by atoms with van der Waals surface area (Å²) in [7, 11) is 0. The van der Waals surface area contributed by atoms with Crippen LogP contribution in [0.25, 0.3) is 0 Å². The first-order valence-electron chi connectivity index (χ1n) is 17.0. The molecule has 2 atom stereocenters. The highest BCUT2D eigenvalue weighted by Crippen LogP contribution is 2.30. The minimum Gasteiger partial charge on any atom is -0.475 e. The first-order chi connectivity index (χ1) is 22.4. The van der Waals surface area contributed by atoms with Gasteiger partial charge < -0.3 is 24.6 Å². The van der Waals surface area contributed by atoms with Gasteiger partial charge in [-0.05, 0) is 62.1 Å². The minimum absolute atomic E-state index is 0.0481. The van der Waals surface area contributed by atoms with E-state index in [1.165, 1.54) is 44.2 Å². The van der Waals surface area contributed by atoms with Gasteiger partial charge in [-0.3, -0.25) is 19.3 Å². The quantitative estimate of drug-likeness (QED) is 0.513. The molecule has 3 fully saturated rings. The third-order valence-corrected chi connectivity index (χ3v) is 9.98. The van der Waals surface area contributed by atoms with Crippen molar-refractivity contribution in [3.63, 3.8) is 0 Å². The first kappa shape index (κ1) is 32.4. The number of likely N-dealkylation sites (tertiary alicyclic amines) is 1. The Balaban J connectivity index is 1.20. The van der Waals surface area contributed by atoms with Crippen LogP contribution in [0.5, 0.6) is 5.88 Å². The second-order valence-electron chi connectivity index (χ2n) is 13.2. The number of halogens is 1. The van der Waals surface area contributed by atoms with E-state index >= 15 is 0 Å². The molecule has 1 saturated carbocycles. The summed E-state index contributed by atoms with van der Waals surface area (Å²) >= 11 is 0. The Hall–Kier alpha value is -3.57. The van der Waals surface area contributed by atoms with Gasteiger partial charge in [-0.25, -0.2) is 9.37 Å². The monoisotopic (exact) mass is 635 g/mol. The number of carbonyl (C=O) groups is 3. The summed E-state index contributed by atoms with van der Waals surface area (Å²) in [5.74, 6) is 0.0234. The number of nitrogens with one attached hydrogen (secondary N) is 1. The molecule has 5 heterocycles. The number of benzene rings is 1. The average molecular weight is 636 g/mol. The third-order valence-electron chi connectivity index (χ3n) is 9.98. The zero-order chi connectivity index (χ0) is 31.9. The summed E-state index contributed by atoms with van der Waals surface area (Å²) in [6.45, 7) is 4.25. The molecule has 1 N–H and O–H groups in total. The zero-order valence-electron chi connectivity index (χ0n) is 26.6. The summed E-state index contributed by atoms with van der Waals surface area (Å²) in [6, 6.07) is 10.7. The van der Waals surface area contributed by atoms with Gasteiger partial charge in [0.2, 0.25) is 11.8 Å². The summed E-state index contributed by atoms with van der Waals surface area (Å²) in [6.07, 6.45) is 8.20. The highest BCUT2D eigenvalue weighted by atomic mass is 19.1. The predicted molar refractivity (Wildman–Crippen MR) is 170 cm³/mol. The van der Waals surface area contributed by atoms with Gasteiger partial charge in [0.05, 0.1) is 24.8 Å². The molecular formula is C35H46FN5O5. The van der Waals surface area contributed by atoms with E-state index in [-0.39, 0.29) is 66.8 Å². The Morgan fingerprint density at radius 1 is 0.913 bits per heavy atom. The Morgan fingerprint density at radius 3 is 2.52 bits per heavy atom. The van der Waals surface area contributed by atoms with Crippen LogP contribution in [-0.2, 0) is 9.53 Å². The van der Waals surface area contributed by atoms with Crippen molar-refractivity contribution in [3.8, 4) is 5.88 Å². The molecule has 248 valence electrons. The number of aromatic nitrogens is 1. The molecule has 0 spiro atoms. The van der Waals surface area contributed by atoms with Gasteiger partial charge in [-0.15, -0.1) is 0 Å². The number of ether oxygens (including phenoxy) is 2. The summed E-state index contributed by atoms with van der Waals surface area (Å²) in [5.41, 5.74) is 0.314. The minimum atomic E-state index is -0.542. The van der Waals surface area contributed by atoms with Crippen LogP contribution in [0.15, 0.2) is 42.5 Å². The van der Waals surface area contributed by atoms with Gasteiger partial charge >= 0.3 is 0 Å². The molecule has 46 heavy (non-hydrogen) atoms. The number of piperidine rings is 1. The van der Waals surface area contributed by atoms with Gasteiger partial charge in [-0.1, -0.05) is 37.5 Å². The van der Waals surface area contributed by atoms with Crippen molar-refractivity contribution in [2.45, 2.75) is 63.5 Å². The van der Waals surface area contributed by atoms with Crippen molar-refractivity contribution in [1.82, 2.24) is 25.0 Å². The largest absolute Gasteiger partial charge is 0.475 e. The molecule has 1 aromatic heterocycles. The topological polar surface area (TPSA) is 104 Å².